The molecule has 0 saturated heterocycles. The van der Waals surface area contributed by atoms with Gasteiger partial charge in [-0.25, -0.2) is 0 Å². The maximum Gasteiger partial charge on any atom is 0.252 e. The predicted molar refractivity (Wildman–Crippen MR) is 88.0 cm³/mol. The van der Waals surface area contributed by atoms with Crippen LogP contribution in [0.3, 0.4) is 0 Å². The van der Waals surface area contributed by atoms with Crippen molar-refractivity contribution < 1.29 is 9.59 Å². The van der Waals surface area contributed by atoms with E-state index in [9.17, 15) is 9.59 Å². The van der Waals surface area contributed by atoms with E-state index in [2.05, 4.69) is 10.6 Å². The molecule has 0 bridgehead atoms. The van der Waals surface area contributed by atoms with Gasteiger partial charge in [0.25, 0.3) is 5.91 Å². The lowest BCUT2D eigenvalue weighted by Crippen LogP contribution is -2.33. The number of nitrogens with one attached hydrogen (secondary N) is 2. The fraction of sp³-hybridized carbons (Fsp3) is 0.529. The number of halogens is 1. The third kappa shape index (κ3) is 5.34. The largest absolute Gasteiger partial charge is 0.356 e. The smallest absolute Gasteiger partial charge is 0.252 e. The van der Waals surface area contributed by atoms with Gasteiger partial charge in [-0.1, -0.05) is 43.0 Å². The molecular weight excluding hydrogens is 300 g/mol. The Morgan fingerprint density at radius 2 is 1.82 bits per heavy atom. The number of carbonyl (C=O) groups is 2. The molecule has 1 saturated carbocycles. The number of carbonyl (C=O) groups excluding carboxylic acids is 2. The molecule has 0 spiro atoms. The lowest BCUT2D eigenvalue weighted by atomic mass is 9.89. The molecule has 1 aliphatic carbocycles. The van der Waals surface area contributed by atoms with Crippen molar-refractivity contribution in [1.29, 1.82) is 0 Å². The summed E-state index contributed by atoms with van der Waals surface area (Å²) in [5.74, 6) is 0.367. The molecule has 1 fully saturated rings. The van der Waals surface area contributed by atoms with Crippen LogP contribution in [0.2, 0.25) is 5.02 Å². The molecule has 0 radical (unpaired) electrons. The molecule has 1 aromatic rings. The van der Waals surface area contributed by atoms with E-state index < -0.39 is 0 Å². The highest BCUT2D eigenvalue weighted by molar-refractivity contribution is 6.33. The molecule has 2 amide bonds. The van der Waals surface area contributed by atoms with Crippen molar-refractivity contribution in [3.05, 3.63) is 34.9 Å². The number of hydrogen-bond donors (Lipinski definition) is 2. The van der Waals surface area contributed by atoms with Crippen molar-refractivity contribution in [2.75, 3.05) is 13.1 Å². The highest BCUT2D eigenvalue weighted by atomic mass is 35.5. The van der Waals surface area contributed by atoms with Gasteiger partial charge in [-0.3, -0.25) is 9.59 Å². The average molecular weight is 323 g/mol. The number of amides is 2. The average Bonchev–Trinajstić information content (AvgIpc) is 2.54. The Balaban J connectivity index is 1.64. The minimum absolute atomic E-state index is 0.00923. The van der Waals surface area contributed by atoms with Crippen molar-refractivity contribution in [1.82, 2.24) is 10.6 Å². The van der Waals surface area contributed by atoms with Crippen molar-refractivity contribution in [2.45, 2.75) is 38.5 Å². The van der Waals surface area contributed by atoms with Crippen LogP contribution in [0.4, 0.5) is 0 Å². The molecule has 22 heavy (non-hydrogen) atoms. The second-order valence-electron chi connectivity index (χ2n) is 5.79. The molecule has 1 aromatic carbocycles. The highest BCUT2D eigenvalue weighted by Crippen LogP contribution is 2.22. The Morgan fingerprint density at radius 3 is 2.55 bits per heavy atom. The van der Waals surface area contributed by atoms with Crippen LogP contribution >= 0.6 is 11.6 Å². The van der Waals surface area contributed by atoms with E-state index in [-0.39, 0.29) is 11.8 Å². The fourth-order valence-corrected chi connectivity index (χ4v) is 2.99. The fourth-order valence-electron chi connectivity index (χ4n) is 2.77. The third-order valence-corrected chi connectivity index (χ3v) is 4.40. The van der Waals surface area contributed by atoms with Crippen LogP contribution < -0.4 is 10.6 Å². The van der Waals surface area contributed by atoms with E-state index in [0.717, 1.165) is 6.54 Å². The summed E-state index contributed by atoms with van der Waals surface area (Å²) in [6.45, 7) is 1.08. The van der Waals surface area contributed by atoms with Crippen molar-refractivity contribution >= 4 is 23.4 Å². The topological polar surface area (TPSA) is 58.2 Å². The van der Waals surface area contributed by atoms with E-state index in [0.29, 0.717) is 29.5 Å². The number of rotatable bonds is 6. The van der Waals surface area contributed by atoms with Gasteiger partial charge in [0.15, 0.2) is 0 Å². The first-order valence-electron chi connectivity index (χ1n) is 7.96. The van der Waals surface area contributed by atoms with Crippen LogP contribution in [0.1, 0.15) is 48.9 Å². The van der Waals surface area contributed by atoms with Gasteiger partial charge in [-0.15, -0.1) is 0 Å². The maximum atomic E-state index is 11.9. The van der Waals surface area contributed by atoms with Gasteiger partial charge in [0.1, 0.15) is 0 Å². The minimum atomic E-state index is -0.245. The minimum Gasteiger partial charge on any atom is -0.356 e. The molecule has 2 N–H and O–H groups in total. The monoisotopic (exact) mass is 322 g/mol. The van der Waals surface area contributed by atoms with Crippen LogP contribution in [-0.2, 0) is 4.79 Å². The highest BCUT2D eigenvalue weighted by Gasteiger charge is 2.14. The van der Waals surface area contributed by atoms with Crippen LogP contribution in [0, 0.1) is 5.92 Å². The summed E-state index contributed by atoms with van der Waals surface area (Å²) >= 11 is 5.96. The Hall–Kier alpha value is -1.55. The Labute approximate surface area is 136 Å². The molecule has 0 atom stereocenters. The quantitative estimate of drug-likeness (QED) is 0.845. The van der Waals surface area contributed by atoms with Gasteiger partial charge in [0, 0.05) is 19.5 Å². The zero-order valence-corrected chi connectivity index (χ0v) is 13.5. The van der Waals surface area contributed by atoms with Crippen molar-refractivity contribution in [3.63, 3.8) is 0 Å². The molecule has 0 heterocycles. The summed E-state index contributed by atoms with van der Waals surface area (Å²) in [6.07, 6.45) is 6.58. The number of hydrogen-bond acceptors (Lipinski definition) is 2. The van der Waals surface area contributed by atoms with E-state index in [1.165, 1.54) is 32.1 Å². The van der Waals surface area contributed by atoms with Crippen LogP contribution in [0.25, 0.3) is 0 Å². The zero-order valence-electron chi connectivity index (χ0n) is 12.7. The van der Waals surface area contributed by atoms with E-state index >= 15 is 0 Å². The number of benzene rings is 1. The maximum absolute atomic E-state index is 11.9. The third-order valence-electron chi connectivity index (χ3n) is 4.07. The van der Waals surface area contributed by atoms with Gasteiger partial charge in [-0.05, 0) is 30.9 Å². The van der Waals surface area contributed by atoms with Crippen molar-refractivity contribution in [2.24, 2.45) is 5.92 Å². The first-order chi connectivity index (χ1) is 10.7. The standard InChI is InChI=1S/C17H23ClN2O2/c18-15-9-5-4-8-14(15)17(22)19-11-10-16(21)20-12-13-6-2-1-3-7-13/h4-5,8-9,13H,1-3,6-7,10-12H2,(H,19,22)(H,20,21). The molecule has 5 heteroatoms. The molecule has 0 aliphatic heterocycles. The Morgan fingerprint density at radius 1 is 1.09 bits per heavy atom. The second-order valence-corrected chi connectivity index (χ2v) is 6.20. The van der Waals surface area contributed by atoms with Gasteiger partial charge in [0.2, 0.25) is 5.91 Å². The lowest BCUT2D eigenvalue weighted by Gasteiger charge is -2.21. The summed E-state index contributed by atoms with van der Waals surface area (Å²) in [4.78, 5) is 23.7. The van der Waals surface area contributed by atoms with Gasteiger partial charge >= 0.3 is 0 Å². The van der Waals surface area contributed by atoms with Gasteiger partial charge in [-0.2, -0.15) is 0 Å². The van der Waals surface area contributed by atoms with Crippen LogP contribution in [0.15, 0.2) is 24.3 Å². The normalized spacial score (nSPS) is 15.3. The lowest BCUT2D eigenvalue weighted by molar-refractivity contribution is -0.121. The second kappa shape index (κ2) is 8.79. The van der Waals surface area contributed by atoms with Crippen LogP contribution in [-0.4, -0.2) is 24.9 Å². The molecular formula is C17H23ClN2O2. The molecule has 4 nitrogen and oxygen atoms in total. The summed E-state index contributed by atoms with van der Waals surface area (Å²) in [5.41, 5.74) is 0.437. The molecule has 0 aromatic heterocycles. The van der Waals surface area contributed by atoms with Crippen LogP contribution in [0.5, 0.6) is 0 Å². The van der Waals surface area contributed by atoms with Gasteiger partial charge < -0.3 is 10.6 Å². The first-order valence-corrected chi connectivity index (χ1v) is 8.34. The first kappa shape index (κ1) is 16.8. The van der Waals surface area contributed by atoms with Crippen molar-refractivity contribution in [3.8, 4) is 0 Å². The SMILES string of the molecule is O=C(CCNC(=O)c1ccccc1Cl)NCC1CCCCC1. The zero-order chi connectivity index (χ0) is 15.8. The van der Waals surface area contributed by atoms with Gasteiger partial charge in [0.05, 0.1) is 10.6 Å². The summed E-state index contributed by atoms with van der Waals surface area (Å²) < 4.78 is 0. The van der Waals surface area contributed by atoms with E-state index in [1.807, 2.05) is 0 Å². The Bertz CT molecular complexity index is 513. The van der Waals surface area contributed by atoms with E-state index in [1.54, 1.807) is 24.3 Å². The summed E-state index contributed by atoms with van der Waals surface area (Å²) in [6, 6.07) is 6.88. The predicted octanol–water partition coefficient (Wildman–Crippen LogP) is 3.16. The van der Waals surface area contributed by atoms with E-state index in [4.69, 9.17) is 11.6 Å². The summed E-state index contributed by atoms with van der Waals surface area (Å²) in [5, 5.41) is 6.10. The molecule has 2 rings (SSSR count). The molecule has 1 aliphatic rings. The molecule has 120 valence electrons. The Kier molecular flexibility index (Phi) is 6.72. The molecule has 0 unspecified atom stereocenters. The summed E-state index contributed by atoms with van der Waals surface area (Å²) in [7, 11) is 0.